The van der Waals surface area contributed by atoms with E-state index in [1.165, 1.54) is 44.5 Å². The molecule has 0 unspecified atom stereocenters. The lowest BCUT2D eigenvalue weighted by atomic mass is 9.95. The second-order valence-electron chi connectivity index (χ2n) is 15.8. The quantitative estimate of drug-likeness (QED) is 0.143. The minimum atomic E-state index is 0.705. The van der Waals surface area contributed by atoms with Crippen LogP contribution in [0.3, 0.4) is 0 Å². The molecule has 2 nitrogen and oxygen atoms in total. The molecule has 0 saturated heterocycles. The van der Waals surface area contributed by atoms with Crippen LogP contribution in [0.1, 0.15) is 0 Å². The van der Waals surface area contributed by atoms with Crippen molar-refractivity contribution in [3.8, 4) is 89.4 Å². The number of nitrogens with zero attached hydrogens (tertiary/aromatic N) is 2. The highest BCUT2D eigenvalue weighted by molar-refractivity contribution is 6.10. The fourth-order valence-corrected chi connectivity index (χ4v) is 8.60. The van der Waals surface area contributed by atoms with Gasteiger partial charge in [-0.2, -0.15) is 0 Å². The Morgan fingerprint density at radius 3 is 1.05 bits per heavy atom. The van der Waals surface area contributed by atoms with E-state index in [1.807, 2.05) is 0 Å². The zero-order valence-corrected chi connectivity index (χ0v) is 34.0. The second-order valence-corrected chi connectivity index (χ2v) is 15.8. The standard InChI is InChI=1S/C60H40N2/c1-3-12-41(13-4-1)50-17-9-19-52(38-50)45-26-24-43(25-27-45)44-32-34-49(35-33-44)60-61-58(57-37-36-48-16-7-8-23-56(48)59(57)62-60)55-22-11-21-54(40-55)47-30-28-46(29-31-47)53-20-10-18-51(39-53)42-14-5-2-6-15-42/h1-40H. The lowest BCUT2D eigenvalue weighted by Gasteiger charge is -2.13. The predicted molar refractivity (Wildman–Crippen MR) is 261 cm³/mol. The molecule has 0 amide bonds. The average molecular weight is 789 g/mol. The summed E-state index contributed by atoms with van der Waals surface area (Å²) in [6.07, 6.45) is 0. The zero-order valence-electron chi connectivity index (χ0n) is 34.0. The van der Waals surface area contributed by atoms with Crippen molar-refractivity contribution in [2.75, 3.05) is 0 Å². The SMILES string of the molecule is c1ccc(-c2cccc(-c3ccc(-c4ccc(-c5nc(-c6cccc(-c7ccc(-c8cccc(-c9ccccc9)c8)cc7)c6)c6ccc7ccccc7c6n5)cc4)cc3)c2)cc1. The van der Waals surface area contributed by atoms with E-state index < -0.39 is 0 Å². The van der Waals surface area contributed by atoms with Gasteiger partial charge in [-0.05, 0) is 96.4 Å². The molecule has 10 aromatic carbocycles. The van der Waals surface area contributed by atoms with Gasteiger partial charge in [0.15, 0.2) is 5.82 Å². The van der Waals surface area contributed by atoms with Gasteiger partial charge < -0.3 is 0 Å². The van der Waals surface area contributed by atoms with E-state index in [0.717, 1.165) is 60.8 Å². The number of fused-ring (bicyclic) bond motifs is 3. The van der Waals surface area contributed by atoms with Gasteiger partial charge in [-0.3, -0.25) is 0 Å². The Hall–Kier alpha value is -8.20. The van der Waals surface area contributed by atoms with Crippen LogP contribution in [0.2, 0.25) is 0 Å². The lowest BCUT2D eigenvalue weighted by Crippen LogP contribution is -1.96. The van der Waals surface area contributed by atoms with Gasteiger partial charge in [0.05, 0.1) is 11.2 Å². The normalized spacial score (nSPS) is 11.2. The van der Waals surface area contributed by atoms with Crippen molar-refractivity contribution in [2.45, 2.75) is 0 Å². The van der Waals surface area contributed by atoms with Gasteiger partial charge in [0.1, 0.15) is 0 Å². The van der Waals surface area contributed by atoms with E-state index in [4.69, 9.17) is 9.97 Å². The van der Waals surface area contributed by atoms with Crippen LogP contribution in [0.4, 0.5) is 0 Å². The molecule has 62 heavy (non-hydrogen) atoms. The van der Waals surface area contributed by atoms with Crippen molar-refractivity contribution >= 4 is 21.7 Å². The number of rotatable bonds is 8. The first-order chi connectivity index (χ1) is 30.7. The Kier molecular flexibility index (Phi) is 9.57. The molecule has 2 heteroatoms. The molecule has 0 aliphatic heterocycles. The molecule has 0 saturated carbocycles. The van der Waals surface area contributed by atoms with Gasteiger partial charge in [-0.15, -0.1) is 0 Å². The summed E-state index contributed by atoms with van der Waals surface area (Å²) in [6.45, 7) is 0. The molecule has 0 fully saturated rings. The summed E-state index contributed by atoms with van der Waals surface area (Å²) < 4.78 is 0. The molecule has 0 aliphatic rings. The first-order valence-electron chi connectivity index (χ1n) is 21.1. The molecule has 0 radical (unpaired) electrons. The van der Waals surface area contributed by atoms with E-state index in [9.17, 15) is 0 Å². The van der Waals surface area contributed by atoms with Crippen LogP contribution in [0.15, 0.2) is 243 Å². The maximum absolute atomic E-state index is 5.34. The number of hydrogen-bond acceptors (Lipinski definition) is 2. The van der Waals surface area contributed by atoms with E-state index in [2.05, 4.69) is 243 Å². The summed E-state index contributed by atoms with van der Waals surface area (Å²) in [4.78, 5) is 10.6. The number of benzene rings is 10. The highest BCUT2D eigenvalue weighted by Crippen LogP contribution is 2.37. The Balaban J connectivity index is 0.911. The highest BCUT2D eigenvalue weighted by atomic mass is 14.9. The van der Waals surface area contributed by atoms with Crippen molar-refractivity contribution in [2.24, 2.45) is 0 Å². The molecule has 0 atom stereocenters. The third-order valence-electron chi connectivity index (χ3n) is 11.9. The Labute approximate surface area is 362 Å². The maximum atomic E-state index is 5.34. The monoisotopic (exact) mass is 788 g/mol. The van der Waals surface area contributed by atoms with Gasteiger partial charge >= 0.3 is 0 Å². The molecular weight excluding hydrogens is 749 g/mol. The maximum Gasteiger partial charge on any atom is 0.160 e. The van der Waals surface area contributed by atoms with Crippen LogP contribution in [0, 0.1) is 0 Å². The Morgan fingerprint density at radius 1 is 0.210 bits per heavy atom. The minimum Gasteiger partial charge on any atom is -0.227 e. The van der Waals surface area contributed by atoms with Crippen LogP contribution in [0.25, 0.3) is 111 Å². The fourth-order valence-electron chi connectivity index (χ4n) is 8.60. The largest absolute Gasteiger partial charge is 0.227 e. The summed E-state index contributed by atoms with van der Waals surface area (Å²) in [7, 11) is 0. The number of aromatic nitrogens is 2. The van der Waals surface area contributed by atoms with E-state index in [1.54, 1.807) is 0 Å². The van der Waals surface area contributed by atoms with Crippen LogP contribution in [-0.4, -0.2) is 9.97 Å². The molecule has 0 N–H and O–H groups in total. The Bertz CT molecular complexity index is 3350. The summed E-state index contributed by atoms with van der Waals surface area (Å²) in [5.74, 6) is 0.705. The predicted octanol–water partition coefficient (Wildman–Crippen LogP) is 16.1. The summed E-state index contributed by atoms with van der Waals surface area (Å²) in [5, 5.41) is 3.30. The average Bonchev–Trinajstić information content (AvgIpc) is 3.37. The van der Waals surface area contributed by atoms with Crippen molar-refractivity contribution in [3.05, 3.63) is 243 Å². The van der Waals surface area contributed by atoms with Gasteiger partial charge in [0, 0.05) is 21.9 Å². The first-order valence-corrected chi connectivity index (χ1v) is 21.1. The van der Waals surface area contributed by atoms with Crippen LogP contribution < -0.4 is 0 Å². The summed E-state index contributed by atoms with van der Waals surface area (Å²) in [5.41, 5.74) is 18.2. The topological polar surface area (TPSA) is 25.8 Å². The van der Waals surface area contributed by atoms with Gasteiger partial charge in [-0.1, -0.05) is 218 Å². The van der Waals surface area contributed by atoms with E-state index >= 15 is 0 Å². The first kappa shape index (κ1) is 36.8. The van der Waals surface area contributed by atoms with Crippen LogP contribution in [-0.2, 0) is 0 Å². The molecule has 1 aromatic heterocycles. The summed E-state index contributed by atoms with van der Waals surface area (Å²) in [6, 6.07) is 86.6. The molecular formula is C60H40N2. The molecule has 11 aromatic rings. The lowest BCUT2D eigenvalue weighted by molar-refractivity contribution is 1.23. The van der Waals surface area contributed by atoms with Crippen molar-refractivity contribution < 1.29 is 0 Å². The van der Waals surface area contributed by atoms with Crippen molar-refractivity contribution in [1.82, 2.24) is 9.97 Å². The summed E-state index contributed by atoms with van der Waals surface area (Å²) >= 11 is 0. The molecule has 1 heterocycles. The fraction of sp³-hybridized carbons (Fsp3) is 0. The molecule has 0 bridgehead atoms. The van der Waals surface area contributed by atoms with E-state index in [0.29, 0.717) is 5.82 Å². The highest BCUT2D eigenvalue weighted by Gasteiger charge is 2.15. The third kappa shape index (κ3) is 7.25. The third-order valence-corrected chi connectivity index (χ3v) is 11.9. The minimum absolute atomic E-state index is 0.705. The van der Waals surface area contributed by atoms with Crippen LogP contribution >= 0.6 is 0 Å². The number of hydrogen-bond donors (Lipinski definition) is 0. The Morgan fingerprint density at radius 2 is 0.565 bits per heavy atom. The van der Waals surface area contributed by atoms with Gasteiger partial charge in [0.2, 0.25) is 0 Å². The van der Waals surface area contributed by atoms with E-state index in [-0.39, 0.29) is 0 Å². The zero-order chi connectivity index (χ0) is 41.2. The van der Waals surface area contributed by atoms with Crippen LogP contribution in [0.5, 0.6) is 0 Å². The van der Waals surface area contributed by atoms with Crippen molar-refractivity contribution in [1.29, 1.82) is 0 Å². The molecule has 11 rings (SSSR count). The molecule has 290 valence electrons. The van der Waals surface area contributed by atoms with Gasteiger partial charge in [0.25, 0.3) is 0 Å². The van der Waals surface area contributed by atoms with Crippen molar-refractivity contribution in [3.63, 3.8) is 0 Å². The molecule has 0 spiro atoms. The molecule has 0 aliphatic carbocycles. The second kappa shape index (κ2) is 16.1. The van der Waals surface area contributed by atoms with Gasteiger partial charge in [-0.25, -0.2) is 9.97 Å². The smallest absolute Gasteiger partial charge is 0.160 e.